The topological polar surface area (TPSA) is 25.2 Å². The minimum atomic E-state index is 0.578. The van der Waals surface area contributed by atoms with Crippen LogP contribution in [0, 0.1) is 12.8 Å². The van der Waals surface area contributed by atoms with E-state index in [9.17, 15) is 0 Å². The first kappa shape index (κ1) is 12.7. The summed E-state index contributed by atoms with van der Waals surface area (Å²) < 4.78 is 5.28. The lowest BCUT2D eigenvalue weighted by Gasteiger charge is -2.21. The smallest absolute Gasteiger partial charge is 0.114 e. The molecule has 1 heterocycles. The standard InChI is InChI=1S/C12H21NOS/c1-5-13-11(9(2)3)8-15-12-6-7-14-10(12)4/h6-7,9,11,13H,5,8H2,1-4H3. The molecule has 0 saturated heterocycles. The Morgan fingerprint density at radius 2 is 2.20 bits per heavy atom. The van der Waals surface area contributed by atoms with Gasteiger partial charge in [0.2, 0.25) is 0 Å². The van der Waals surface area contributed by atoms with Gasteiger partial charge in [0.25, 0.3) is 0 Å². The predicted octanol–water partition coefficient (Wildman–Crippen LogP) is 3.31. The maximum absolute atomic E-state index is 5.28. The van der Waals surface area contributed by atoms with Crippen molar-refractivity contribution in [3.63, 3.8) is 0 Å². The largest absolute Gasteiger partial charge is 0.468 e. The van der Waals surface area contributed by atoms with Crippen molar-refractivity contribution in [2.24, 2.45) is 5.92 Å². The molecule has 1 aromatic heterocycles. The molecule has 1 unspecified atom stereocenters. The normalized spacial score (nSPS) is 13.4. The Kier molecular flexibility index (Phi) is 5.26. The van der Waals surface area contributed by atoms with Crippen LogP contribution in [0.5, 0.6) is 0 Å². The predicted molar refractivity (Wildman–Crippen MR) is 66.5 cm³/mol. The number of aryl methyl sites for hydroxylation is 1. The molecule has 86 valence electrons. The van der Waals surface area contributed by atoms with Crippen molar-refractivity contribution in [2.45, 2.75) is 38.6 Å². The van der Waals surface area contributed by atoms with Crippen LogP contribution in [0.1, 0.15) is 26.5 Å². The number of rotatable bonds is 6. The molecule has 0 saturated carbocycles. The highest BCUT2D eigenvalue weighted by Gasteiger charge is 2.13. The molecule has 3 heteroatoms. The van der Waals surface area contributed by atoms with E-state index in [1.807, 2.05) is 24.8 Å². The fourth-order valence-electron chi connectivity index (χ4n) is 1.45. The monoisotopic (exact) mass is 227 g/mol. The van der Waals surface area contributed by atoms with Crippen LogP contribution in [-0.4, -0.2) is 18.3 Å². The van der Waals surface area contributed by atoms with Gasteiger partial charge in [0.05, 0.1) is 6.26 Å². The van der Waals surface area contributed by atoms with E-state index in [2.05, 4.69) is 26.1 Å². The van der Waals surface area contributed by atoms with Gasteiger partial charge in [-0.1, -0.05) is 20.8 Å². The molecule has 1 rings (SSSR count). The molecule has 0 aliphatic carbocycles. The van der Waals surface area contributed by atoms with Crippen LogP contribution < -0.4 is 5.32 Å². The third-order valence-corrected chi connectivity index (χ3v) is 3.76. The fourth-order valence-corrected chi connectivity index (χ4v) is 2.72. The second-order valence-electron chi connectivity index (χ2n) is 4.06. The first-order chi connectivity index (χ1) is 7.15. The van der Waals surface area contributed by atoms with E-state index in [1.54, 1.807) is 6.26 Å². The summed E-state index contributed by atoms with van der Waals surface area (Å²) in [5.41, 5.74) is 0. The van der Waals surface area contributed by atoms with Crippen LogP contribution in [0.25, 0.3) is 0 Å². The first-order valence-electron chi connectivity index (χ1n) is 5.55. The van der Waals surface area contributed by atoms with E-state index in [1.165, 1.54) is 4.90 Å². The van der Waals surface area contributed by atoms with Crippen molar-refractivity contribution in [1.29, 1.82) is 0 Å². The lowest BCUT2D eigenvalue weighted by atomic mass is 10.1. The summed E-state index contributed by atoms with van der Waals surface area (Å²) in [7, 11) is 0. The zero-order valence-corrected chi connectivity index (χ0v) is 10.9. The molecule has 0 bridgehead atoms. The van der Waals surface area contributed by atoms with Gasteiger partial charge in [-0.15, -0.1) is 11.8 Å². The molecule has 1 N–H and O–H groups in total. The van der Waals surface area contributed by atoms with E-state index in [-0.39, 0.29) is 0 Å². The van der Waals surface area contributed by atoms with Crippen LogP contribution in [0.2, 0.25) is 0 Å². The summed E-state index contributed by atoms with van der Waals surface area (Å²) in [6.07, 6.45) is 1.76. The van der Waals surface area contributed by atoms with Gasteiger partial charge < -0.3 is 9.73 Å². The van der Waals surface area contributed by atoms with Crippen molar-refractivity contribution >= 4 is 11.8 Å². The van der Waals surface area contributed by atoms with Gasteiger partial charge in [-0.25, -0.2) is 0 Å². The summed E-state index contributed by atoms with van der Waals surface area (Å²) in [6, 6.07) is 2.62. The van der Waals surface area contributed by atoms with Crippen LogP contribution in [0.3, 0.4) is 0 Å². The minimum absolute atomic E-state index is 0.578. The highest BCUT2D eigenvalue weighted by Crippen LogP contribution is 2.24. The quantitative estimate of drug-likeness (QED) is 0.755. The molecule has 0 amide bonds. The summed E-state index contributed by atoms with van der Waals surface area (Å²) in [5.74, 6) is 2.80. The Morgan fingerprint density at radius 1 is 1.47 bits per heavy atom. The molecule has 1 atom stereocenters. The van der Waals surface area contributed by atoms with Gasteiger partial charge in [0.15, 0.2) is 0 Å². The Bertz CT molecular complexity index is 283. The molecule has 0 radical (unpaired) electrons. The van der Waals surface area contributed by atoms with E-state index in [0.29, 0.717) is 12.0 Å². The van der Waals surface area contributed by atoms with E-state index in [4.69, 9.17) is 4.42 Å². The molecular weight excluding hydrogens is 206 g/mol. The van der Waals surface area contributed by atoms with Gasteiger partial charge in [0.1, 0.15) is 5.76 Å². The molecule has 0 fully saturated rings. The highest BCUT2D eigenvalue weighted by atomic mass is 32.2. The molecule has 1 aromatic rings. The van der Waals surface area contributed by atoms with Crippen molar-refractivity contribution in [2.75, 3.05) is 12.3 Å². The van der Waals surface area contributed by atoms with Gasteiger partial charge in [-0.2, -0.15) is 0 Å². The number of nitrogens with one attached hydrogen (secondary N) is 1. The molecule has 15 heavy (non-hydrogen) atoms. The van der Waals surface area contributed by atoms with Crippen LogP contribution in [-0.2, 0) is 0 Å². The Balaban J connectivity index is 2.43. The third-order valence-electron chi connectivity index (χ3n) is 2.50. The van der Waals surface area contributed by atoms with Crippen molar-refractivity contribution < 1.29 is 4.42 Å². The van der Waals surface area contributed by atoms with Crippen LogP contribution in [0.15, 0.2) is 21.6 Å². The van der Waals surface area contributed by atoms with Gasteiger partial charge in [-0.05, 0) is 25.5 Å². The summed E-state index contributed by atoms with van der Waals surface area (Å²) in [5, 5.41) is 3.51. The van der Waals surface area contributed by atoms with E-state index in [0.717, 1.165) is 18.1 Å². The van der Waals surface area contributed by atoms with Crippen molar-refractivity contribution in [3.8, 4) is 0 Å². The number of thioether (sulfide) groups is 1. The molecular formula is C12H21NOS. The Labute approximate surface area is 96.8 Å². The van der Waals surface area contributed by atoms with E-state index >= 15 is 0 Å². The van der Waals surface area contributed by atoms with Crippen LogP contribution in [0.4, 0.5) is 0 Å². The molecule has 0 aromatic carbocycles. The second-order valence-corrected chi connectivity index (χ2v) is 5.12. The lowest BCUT2D eigenvalue weighted by Crippen LogP contribution is -2.35. The maximum Gasteiger partial charge on any atom is 0.114 e. The molecule has 0 aliphatic rings. The Morgan fingerprint density at radius 3 is 2.67 bits per heavy atom. The zero-order chi connectivity index (χ0) is 11.3. The van der Waals surface area contributed by atoms with Gasteiger partial charge in [0, 0.05) is 16.7 Å². The van der Waals surface area contributed by atoms with Crippen LogP contribution >= 0.6 is 11.8 Å². The van der Waals surface area contributed by atoms with E-state index < -0.39 is 0 Å². The Hall–Kier alpha value is -0.410. The summed E-state index contributed by atoms with van der Waals surface area (Å²) >= 11 is 1.87. The number of hydrogen-bond acceptors (Lipinski definition) is 3. The highest BCUT2D eigenvalue weighted by molar-refractivity contribution is 7.99. The van der Waals surface area contributed by atoms with Crippen molar-refractivity contribution in [3.05, 3.63) is 18.1 Å². The number of hydrogen-bond donors (Lipinski definition) is 1. The lowest BCUT2D eigenvalue weighted by molar-refractivity contribution is 0.443. The first-order valence-corrected chi connectivity index (χ1v) is 6.54. The van der Waals surface area contributed by atoms with Crippen molar-refractivity contribution in [1.82, 2.24) is 5.32 Å². The summed E-state index contributed by atoms with van der Waals surface area (Å²) in [4.78, 5) is 1.26. The molecule has 2 nitrogen and oxygen atoms in total. The zero-order valence-electron chi connectivity index (χ0n) is 10.0. The summed E-state index contributed by atoms with van der Waals surface area (Å²) in [6.45, 7) is 9.73. The van der Waals surface area contributed by atoms with Gasteiger partial charge >= 0.3 is 0 Å². The second kappa shape index (κ2) is 6.23. The average Bonchev–Trinajstić information content (AvgIpc) is 2.58. The SMILES string of the molecule is CCNC(CSc1ccoc1C)C(C)C. The minimum Gasteiger partial charge on any atom is -0.468 e. The molecule has 0 spiro atoms. The van der Waals surface area contributed by atoms with Gasteiger partial charge in [-0.3, -0.25) is 0 Å². The molecule has 0 aliphatic heterocycles. The fraction of sp³-hybridized carbons (Fsp3) is 0.667. The average molecular weight is 227 g/mol. The number of furan rings is 1. The maximum atomic E-state index is 5.28. The third kappa shape index (κ3) is 3.92.